The van der Waals surface area contributed by atoms with E-state index in [1.807, 2.05) is 18.2 Å². The first-order chi connectivity index (χ1) is 14.8. The minimum absolute atomic E-state index is 0.213. The number of halogens is 3. The molecule has 31 heavy (non-hydrogen) atoms. The first-order valence-corrected chi connectivity index (χ1v) is 9.90. The number of anilines is 1. The average molecular weight is 430 g/mol. The molecular formula is C23H21F3N2O3. The van der Waals surface area contributed by atoms with Gasteiger partial charge >= 0.3 is 12.1 Å². The third-order valence-electron chi connectivity index (χ3n) is 5.68. The van der Waals surface area contributed by atoms with Crippen LogP contribution in [-0.4, -0.2) is 36.3 Å². The summed E-state index contributed by atoms with van der Waals surface area (Å²) in [6, 6.07) is 13.1. The number of piperidine rings is 1. The highest BCUT2D eigenvalue weighted by Gasteiger charge is 2.34. The van der Waals surface area contributed by atoms with E-state index in [0.717, 1.165) is 22.8 Å². The van der Waals surface area contributed by atoms with Crippen LogP contribution in [0.5, 0.6) is 5.75 Å². The molecule has 0 saturated carbocycles. The Balaban J connectivity index is 1.61. The Kier molecular flexibility index (Phi) is 5.47. The van der Waals surface area contributed by atoms with E-state index in [2.05, 4.69) is 9.88 Å². The summed E-state index contributed by atoms with van der Waals surface area (Å²) in [5.74, 6) is -0.515. The molecular weight excluding hydrogens is 409 g/mol. The number of aromatic nitrogens is 1. The topological polar surface area (TPSA) is 62.7 Å². The number of carboxylic acid groups (broad SMARTS) is 1. The van der Waals surface area contributed by atoms with Crippen LogP contribution in [0.25, 0.3) is 22.0 Å². The Hall–Kier alpha value is -3.29. The van der Waals surface area contributed by atoms with Crippen LogP contribution in [0.1, 0.15) is 18.4 Å². The quantitative estimate of drug-likeness (QED) is 0.614. The number of carbonyl (C=O) groups is 1. The van der Waals surface area contributed by atoms with Crippen LogP contribution in [0.3, 0.4) is 0 Å². The molecule has 1 N–H and O–H groups in total. The molecule has 2 heterocycles. The number of pyridine rings is 1. The molecule has 162 valence electrons. The molecule has 1 aliphatic heterocycles. The molecule has 0 bridgehead atoms. The van der Waals surface area contributed by atoms with E-state index in [9.17, 15) is 18.0 Å². The SMILES string of the molecule is COc1ccc(-c2ccc3nc(N4CCC(C(=O)O)CC4)ccc3c2)cc1C(F)(F)F. The highest BCUT2D eigenvalue weighted by Crippen LogP contribution is 2.39. The van der Waals surface area contributed by atoms with Crippen LogP contribution in [0.4, 0.5) is 19.0 Å². The van der Waals surface area contributed by atoms with E-state index in [4.69, 9.17) is 9.84 Å². The van der Waals surface area contributed by atoms with Crippen molar-refractivity contribution in [1.82, 2.24) is 4.98 Å². The maximum Gasteiger partial charge on any atom is 0.419 e. The van der Waals surface area contributed by atoms with Crippen LogP contribution >= 0.6 is 0 Å². The number of ether oxygens (including phenoxy) is 1. The van der Waals surface area contributed by atoms with Crippen LogP contribution in [0, 0.1) is 5.92 Å². The fourth-order valence-corrected chi connectivity index (χ4v) is 3.94. The van der Waals surface area contributed by atoms with Gasteiger partial charge in [-0.15, -0.1) is 0 Å². The summed E-state index contributed by atoms with van der Waals surface area (Å²) in [7, 11) is 1.22. The number of rotatable bonds is 4. The Morgan fingerprint density at radius 1 is 1.06 bits per heavy atom. The summed E-state index contributed by atoms with van der Waals surface area (Å²) in [6.07, 6.45) is -3.36. The maximum absolute atomic E-state index is 13.3. The van der Waals surface area contributed by atoms with Gasteiger partial charge in [0.05, 0.1) is 24.1 Å². The van der Waals surface area contributed by atoms with Crippen molar-refractivity contribution in [3.63, 3.8) is 0 Å². The van der Waals surface area contributed by atoms with Crippen LogP contribution in [-0.2, 0) is 11.0 Å². The molecule has 1 aliphatic rings. The molecule has 2 aromatic carbocycles. The molecule has 0 radical (unpaired) electrons. The van der Waals surface area contributed by atoms with Crippen molar-refractivity contribution in [2.45, 2.75) is 19.0 Å². The number of hydrogen-bond acceptors (Lipinski definition) is 4. The second-order valence-corrected chi connectivity index (χ2v) is 7.59. The van der Waals surface area contributed by atoms with E-state index in [1.165, 1.54) is 13.2 Å². The predicted octanol–water partition coefficient (Wildman–Crippen LogP) is 5.23. The van der Waals surface area contributed by atoms with Crippen molar-refractivity contribution < 1.29 is 27.8 Å². The molecule has 0 unspecified atom stereocenters. The highest BCUT2D eigenvalue weighted by atomic mass is 19.4. The lowest BCUT2D eigenvalue weighted by atomic mass is 9.97. The summed E-state index contributed by atoms with van der Waals surface area (Å²) >= 11 is 0. The number of carboxylic acids is 1. The van der Waals surface area contributed by atoms with Crippen molar-refractivity contribution in [1.29, 1.82) is 0 Å². The molecule has 0 spiro atoms. The van der Waals surface area contributed by atoms with Crippen molar-refractivity contribution in [2.24, 2.45) is 5.92 Å². The third kappa shape index (κ3) is 4.28. The van der Waals surface area contributed by atoms with Crippen LogP contribution < -0.4 is 9.64 Å². The zero-order valence-corrected chi connectivity index (χ0v) is 16.8. The van der Waals surface area contributed by atoms with E-state index < -0.39 is 17.7 Å². The molecule has 3 aromatic rings. The van der Waals surface area contributed by atoms with Gasteiger partial charge in [-0.2, -0.15) is 13.2 Å². The van der Waals surface area contributed by atoms with Crippen LogP contribution in [0.2, 0.25) is 0 Å². The number of alkyl halides is 3. The zero-order chi connectivity index (χ0) is 22.2. The Morgan fingerprint density at radius 3 is 2.39 bits per heavy atom. The standard InChI is InChI=1S/C23H21F3N2O3/c1-31-20-6-3-16(13-18(20)23(24,25)26)15-2-5-19-17(12-15)4-7-21(27-19)28-10-8-14(9-11-28)22(29)30/h2-7,12-14H,8-11H2,1H3,(H,29,30). The number of methoxy groups -OCH3 is 1. The van der Waals surface area contributed by atoms with Gasteiger partial charge in [0.25, 0.3) is 0 Å². The van der Waals surface area contributed by atoms with Crippen molar-refractivity contribution >= 4 is 22.7 Å². The number of nitrogens with zero attached hydrogens (tertiary/aromatic N) is 2. The first-order valence-electron chi connectivity index (χ1n) is 9.90. The molecule has 8 heteroatoms. The average Bonchev–Trinajstić information content (AvgIpc) is 2.77. The summed E-state index contributed by atoms with van der Waals surface area (Å²) < 4.78 is 44.9. The fourth-order valence-electron chi connectivity index (χ4n) is 3.94. The minimum Gasteiger partial charge on any atom is -0.496 e. The molecule has 1 fully saturated rings. The molecule has 4 rings (SSSR count). The third-order valence-corrected chi connectivity index (χ3v) is 5.68. The zero-order valence-electron chi connectivity index (χ0n) is 16.8. The van der Waals surface area contributed by atoms with Gasteiger partial charge in [-0.1, -0.05) is 12.1 Å². The predicted molar refractivity (Wildman–Crippen MR) is 111 cm³/mol. The van der Waals surface area contributed by atoms with Gasteiger partial charge in [0, 0.05) is 18.5 Å². The van der Waals surface area contributed by atoms with Crippen LogP contribution in [0.15, 0.2) is 48.5 Å². The van der Waals surface area contributed by atoms with Gasteiger partial charge in [0.2, 0.25) is 0 Å². The lowest BCUT2D eigenvalue weighted by Crippen LogP contribution is -2.36. The summed E-state index contributed by atoms with van der Waals surface area (Å²) in [5.41, 5.74) is 1.00. The summed E-state index contributed by atoms with van der Waals surface area (Å²) in [5, 5.41) is 9.95. The Labute approximate surface area is 177 Å². The molecule has 0 amide bonds. The monoisotopic (exact) mass is 430 g/mol. The Morgan fingerprint density at radius 2 is 1.74 bits per heavy atom. The lowest BCUT2D eigenvalue weighted by molar-refractivity contribution is -0.142. The van der Waals surface area contributed by atoms with E-state index in [0.29, 0.717) is 37.1 Å². The smallest absolute Gasteiger partial charge is 0.419 e. The molecule has 1 saturated heterocycles. The molecule has 0 aliphatic carbocycles. The van der Waals surface area contributed by atoms with Gasteiger partial charge in [-0.25, -0.2) is 4.98 Å². The number of benzene rings is 2. The lowest BCUT2D eigenvalue weighted by Gasteiger charge is -2.31. The maximum atomic E-state index is 13.3. The highest BCUT2D eigenvalue weighted by molar-refractivity contribution is 5.86. The number of aliphatic carboxylic acids is 1. The minimum atomic E-state index is -4.51. The number of hydrogen-bond donors (Lipinski definition) is 1. The van der Waals surface area contributed by atoms with Gasteiger partial charge in [0.1, 0.15) is 11.6 Å². The normalized spacial score (nSPS) is 15.3. The van der Waals surface area contributed by atoms with E-state index in [-0.39, 0.29) is 11.7 Å². The van der Waals surface area contributed by atoms with Crippen molar-refractivity contribution in [2.75, 3.05) is 25.1 Å². The second-order valence-electron chi connectivity index (χ2n) is 7.59. The van der Waals surface area contributed by atoms with Crippen molar-refractivity contribution in [3.8, 4) is 16.9 Å². The Bertz CT molecular complexity index is 1120. The summed E-state index contributed by atoms with van der Waals surface area (Å²) in [6.45, 7) is 1.25. The molecule has 5 nitrogen and oxygen atoms in total. The van der Waals surface area contributed by atoms with Gasteiger partial charge in [-0.3, -0.25) is 4.79 Å². The van der Waals surface area contributed by atoms with Gasteiger partial charge in [-0.05, 0) is 60.4 Å². The molecule has 0 atom stereocenters. The van der Waals surface area contributed by atoms with Crippen molar-refractivity contribution in [3.05, 3.63) is 54.1 Å². The first kappa shape index (κ1) is 21.0. The second kappa shape index (κ2) is 8.09. The molecule has 1 aromatic heterocycles. The summed E-state index contributed by atoms with van der Waals surface area (Å²) in [4.78, 5) is 17.9. The van der Waals surface area contributed by atoms with E-state index >= 15 is 0 Å². The van der Waals surface area contributed by atoms with Gasteiger partial charge < -0.3 is 14.7 Å². The number of fused-ring (bicyclic) bond motifs is 1. The fraction of sp³-hybridized carbons (Fsp3) is 0.304. The van der Waals surface area contributed by atoms with Gasteiger partial charge in [0.15, 0.2) is 0 Å². The largest absolute Gasteiger partial charge is 0.496 e. The van der Waals surface area contributed by atoms with E-state index in [1.54, 1.807) is 18.2 Å².